The van der Waals surface area contributed by atoms with Crippen LogP contribution < -0.4 is 5.73 Å². The van der Waals surface area contributed by atoms with E-state index in [-0.39, 0.29) is 6.04 Å². The number of aryl methyl sites for hydroxylation is 1. The highest BCUT2D eigenvalue weighted by atomic mass is 32.2. The van der Waals surface area contributed by atoms with Crippen LogP contribution in [0.25, 0.3) is 0 Å². The number of nitrogens with zero attached hydrogens (tertiary/aromatic N) is 3. The van der Waals surface area contributed by atoms with E-state index < -0.39 is 10.0 Å². The molecule has 118 valence electrons. The smallest absolute Gasteiger partial charge is 0.246 e. The van der Waals surface area contributed by atoms with Gasteiger partial charge in [0.05, 0.1) is 6.20 Å². The van der Waals surface area contributed by atoms with Gasteiger partial charge in [-0.25, -0.2) is 8.42 Å². The number of hydrogen-bond donors (Lipinski definition) is 1. The van der Waals surface area contributed by atoms with Crippen molar-refractivity contribution in [2.45, 2.75) is 56.0 Å². The fourth-order valence-electron chi connectivity index (χ4n) is 3.70. The van der Waals surface area contributed by atoms with Gasteiger partial charge in [-0.15, -0.1) is 0 Å². The Hall–Kier alpha value is -0.920. The summed E-state index contributed by atoms with van der Waals surface area (Å²) in [6.07, 6.45) is 9.40. The molecule has 1 saturated carbocycles. The maximum atomic E-state index is 12.9. The van der Waals surface area contributed by atoms with Gasteiger partial charge in [0, 0.05) is 25.3 Å². The van der Waals surface area contributed by atoms with Crippen molar-refractivity contribution in [2.75, 3.05) is 13.1 Å². The first-order chi connectivity index (χ1) is 10.1. The van der Waals surface area contributed by atoms with Crippen molar-refractivity contribution in [1.82, 2.24) is 14.1 Å². The van der Waals surface area contributed by atoms with Gasteiger partial charge in [-0.1, -0.05) is 6.42 Å². The first-order valence-electron chi connectivity index (χ1n) is 7.87. The highest BCUT2D eigenvalue weighted by molar-refractivity contribution is 7.89. The van der Waals surface area contributed by atoms with Crippen LogP contribution in [-0.4, -0.2) is 41.6 Å². The van der Waals surface area contributed by atoms with Crippen LogP contribution in [0, 0.1) is 5.92 Å². The molecule has 1 aliphatic heterocycles. The second-order valence-corrected chi connectivity index (χ2v) is 7.99. The molecule has 21 heavy (non-hydrogen) atoms. The molecule has 0 spiro atoms. The molecule has 1 aliphatic carbocycles. The number of rotatable bonds is 5. The van der Waals surface area contributed by atoms with E-state index >= 15 is 0 Å². The van der Waals surface area contributed by atoms with E-state index in [0.29, 0.717) is 30.4 Å². The van der Waals surface area contributed by atoms with Gasteiger partial charge >= 0.3 is 0 Å². The lowest BCUT2D eigenvalue weighted by Crippen LogP contribution is -2.45. The normalized spacial score (nSPS) is 26.9. The monoisotopic (exact) mass is 312 g/mol. The molecule has 7 heteroatoms. The third-order valence-electron chi connectivity index (χ3n) is 4.75. The van der Waals surface area contributed by atoms with Crippen LogP contribution >= 0.6 is 0 Å². The van der Waals surface area contributed by atoms with Crippen LogP contribution in [0.4, 0.5) is 0 Å². The van der Waals surface area contributed by atoms with Gasteiger partial charge in [0.25, 0.3) is 0 Å². The summed E-state index contributed by atoms with van der Waals surface area (Å²) in [4.78, 5) is 0.326. The molecular weight excluding hydrogens is 288 g/mol. The molecule has 0 amide bonds. The summed E-state index contributed by atoms with van der Waals surface area (Å²) in [7, 11) is -3.40. The number of hydrogen-bond acceptors (Lipinski definition) is 4. The van der Waals surface area contributed by atoms with Gasteiger partial charge < -0.3 is 5.73 Å². The Bertz CT molecular complexity index is 584. The maximum absolute atomic E-state index is 12.9. The summed E-state index contributed by atoms with van der Waals surface area (Å²) in [5.41, 5.74) is 5.48. The zero-order valence-electron chi connectivity index (χ0n) is 12.3. The summed E-state index contributed by atoms with van der Waals surface area (Å²) in [6.45, 7) is 1.90. The Morgan fingerprint density at radius 3 is 2.90 bits per heavy atom. The zero-order chi connectivity index (χ0) is 14.9. The van der Waals surface area contributed by atoms with Crippen LogP contribution in [0.2, 0.25) is 0 Å². The number of fused-ring (bicyclic) bond motifs is 1. The van der Waals surface area contributed by atoms with Crippen molar-refractivity contribution >= 4 is 10.0 Å². The third kappa shape index (κ3) is 2.86. The standard InChI is InChI=1S/C14H24N4O2S/c15-7-3-8-17-11-13(10-16-17)21(19,20)18-9-2-5-12-4-1-6-14(12)18/h10-12,14H,1-9,15H2. The van der Waals surface area contributed by atoms with Crippen LogP contribution in [0.5, 0.6) is 0 Å². The Morgan fingerprint density at radius 1 is 1.29 bits per heavy atom. The van der Waals surface area contributed by atoms with E-state index in [1.165, 1.54) is 19.0 Å². The van der Waals surface area contributed by atoms with Gasteiger partial charge in [0.1, 0.15) is 4.90 Å². The van der Waals surface area contributed by atoms with E-state index in [9.17, 15) is 8.42 Å². The summed E-state index contributed by atoms with van der Waals surface area (Å²) in [6, 6.07) is 0.205. The van der Waals surface area contributed by atoms with Gasteiger partial charge in [0.2, 0.25) is 10.0 Å². The first-order valence-corrected chi connectivity index (χ1v) is 9.31. The molecule has 2 aliphatic rings. The molecule has 1 aromatic rings. The second kappa shape index (κ2) is 6.06. The molecule has 0 radical (unpaired) electrons. The van der Waals surface area contributed by atoms with Crippen molar-refractivity contribution < 1.29 is 8.42 Å². The number of nitrogens with two attached hydrogens (primary N) is 1. The van der Waals surface area contributed by atoms with Gasteiger partial charge in [-0.05, 0) is 44.6 Å². The average molecular weight is 312 g/mol. The van der Waals surface area contributed by atoms with Crippen LogP contribution in [0.1, 0.15) is 38.5 Å². The fourth-order valence-corrected chi connectivity index (χ4v) is 5.40. The van der Waals surface area contributed by atoms with Gasteiger partial charge in [0.15, 0.2) is 0 Å². The minimum Gasteiger partial charge on any atom is -0.330 e. The predicted octanol–water partition coefficient (Wildman–Crippen LogP) is 1.19. The molecule has 1 saturated heterocycles. The Labute approximate surface area is 126 Å². The first kappa shape index (κ1) is 15.0. The molecule has 0 aromatic carbocycles. The SMILES string of the molecule is NCCCn1cc(S(=O)(=O)N2CCCC3CCCC32)cn1. The number of sulfonamides is 1. The molecule has 2 heterocycles. The topological polar surface area (TPSA) is 81.2 Å². The molecule has 0 bridgehead atoms. The van der Waals surface area contributed by atoms with Crippen LogP contribution in [0.3, 0.4) is 0 Å². The van der Waals surface area contributed by atoms with E-state index in [1.807, 2.05) is 0 Å². The van der Waals surface area contributed by atoms with Crippen LogP contribution in [0.15, 0.2) is 17.3 Å². The minimum atomic E-state index is -3.40. The molecular formula is C14H24N4O2S. The van der Waals surface area contributed by atoms with Gasteiger partial charge in [-0.2, -0.15) is 9.40 Å². The zero-order valence-corrected chi connectivity index (χ0v) is 13.1. The lowest BCUT2D eigenvalue weighted by Gasteiger charge is -2.36. The summed E-state index contributed by atoms with van der Waals surface area (Å²) in [5, 5.41) is 4.16. The Kier molecular flexibility index (Phi) is 4.33. The number of piperidine rings is 1. The Morgan fingerprint density at radius 2 is 2.10 bits per heavy atom. The summed E-state index contributed by atoms with van der Waals surface area (Å²) < 4.78 is 29.1. The molecule has 6 nitrogen and oxygen atoms in total. The highest BCUT2D eigenvalue weighted by Crippen LogP contribution is 2.39. The maximum Gasteiger partial charge on any atom is 0.246 e. The van der Waals surface area contributed by atoms with Crippen molar-refractivity contribution in [1.29, 1.82) is 0 Å². The molecule has 3 rings (SSSR count). The minimum absolute atomic E-state index is 0.205. The van der Waals surface area contributed by atoms with E-state index in [2.05, 4.69) is 5.10 Å². The molecule has 2 unspecified atom stereocenters. The number of aromatic nitrogens is 2. The molecule has 2 atom stereocenters. The summed E-state index contributed by atoms with van der Waals surface area (Å²) >= 11 is 0. The average Bonchev–Trinajstić information content (AvgIpc) is 3.13. The van der Waals surface area contributed by atoms with Crippen LogP contribution in [-0.2, 0) is 16.6 Å². The lowest BCUT2D eigenvalue weighted by atomic mass is 9.94. The van der Waals surface area contributed by atoms with Crippen molar-refractivity contribution in [3.8, 4) is 0 Å². The third-order valence-corrected chi connectivity index (χ3v) is 6.63. The highest BCUT2D eigenvalue weighted by Gasteiger charge is 2.41. The van der Waals surface area contributed by atoms with E-state index in [4.69, 9.17) is 5.73 Å². The molecule has 2 fully saturated rings. The molecule has 2 N–H and O–H groups in total. The fraction of sp³-hybridized carbons (Fsp3) is 0.786. The van der Waals surface area contributed by atoms with Crippen molar-refractivity contribution in [3.63, 3.8) is 0 Å². The molecule has 1 aromatic heterocycles. The van der Waals surface area contributed by atoms with Crippen molar-refractivity contribution in [2.24, 2.45) is 11.7 Å². The quantitative estimate of drug-likeness (QED) is 0.885. The summed E-state index contributed by atoms with van der Waals surface area (Å²) in [5.74, 6) is 0.556. The van der Waals surface area contributed by atoms with E-state index in [0.717, 1.165) is 25.7 Å². The van der Waals surface area contributed by atoms with Gasteiger partial charge in [-0.3, -0.25) is 4.68 Å². The largest absolute Gasteiger partial charge is 0.330 e. The predicted molar refractivity (Wildman–Crippen MR) is 80.2 cm³/mol. The van der Waals surface area contributed by atoms with E-state index in [1.54, 1.807) is 15.2 Å². The second-order valence-electron chi connectivity index (χ2n) is 6.10. The van der Waals surface area contributed by atoms with Crippen molar-refractivity contribution in [3.05, 3.63) is 12.4 Å². The lowest BCUT2D eigenvalue weighted by molar-refractivity contribution is 0.202. The Balaban J connectivity index is 1.80.